The summed E-state index contributed by atoms with van der Waals surface area (Å²) in [6, 6.07) is 4.65. The standard InChI is InChI=1S/C9H9FN4O/c10-9-5-8(14-6-11-12-13-14)2-1-7(9)3-4-15/h1-2,5-6,15H,3-4H2. The summed E-state index contributed by atoms with van der Waals surface area (Å²) in [5, 5.41) is 19.2. The van der Waals surface area contributed by atoms with Crippen molar-refractivity contribution in [1.82, 2.24) is 20.2 Å². The van der Waals surface area contributed by atoms with Gasteiger partial charge in [-0.15, -0.1) is 5.10 Å². The Morgan fingerprint density at radius 2 is 2.27 bits per heavy atom. The number of hydrogen-bond donors (Lipinski definition) is 1. The first-order valence-electron chi connectivity index (χ1n) is 4.44. The summed E-state index contributed by atoms with van der Waals surface area (Å²) in [5.74, 6) is -0.364. The Labute approximate surface area is 85.2 Å². The van der Waals surface area contributed by atoms with Crippen molar-refractivity contribution < 1.29 is 9.50 Å². The van der Waals surface area contributed by atoms with E-state index in [0.29, 0.717) is 17.7 Å². The van der Waals surface area contributed by atoms with Crippen LogP contribution in [0.4, 0.5) is 4.39 Å². The molecule has 0 fully saturated rings. The molecular weight excluding hydrogens is 199 g/mol. The van der Waals surface area contributed by atoms with E-state index in [1.54, 1.807) is 12.1 Å². The maximum absolute atomic E-state index is 13.4. The van der Waals surface area contributed by atoms with Gasteiger partial charge in [-0.25, -0.2) is 9.07 Å². The first-order chi connectivity index (χ1) is 7.31. The molecule has 0 aliphatic heterocycles. The lowest BCUT2D eigenvalue weighted by atomic mass is 10.1. The molecule has 5 nitrogen and oxygen atoms in total. The summed E-state index contributed by atoms with van der Waals surface area (Å²) in [6.45, 7) is -0.0683. The van der Waals surface area contributed by atoms with Gasteiger partial charge in [0.1, 0.15) is 12.1 Å². The molecule has 6 heteroatoms. The molecule has 1 heterocycles. The monoisotopic (exact) mass is 208 g/mol. The van der Waals surface area contributed by atoms with Crippen LogP contribution in [0.5, 0.6) is 0 Å². The Balaban J connectivity index is 2.33. The number of hydrogen-bond acceptors (Lipinski definition) is 4. The maximum Gasteiger partial charge on any atom is 0.143 e. The molecule has 1 N–H and O–H groups in total. The quantitative estimate of drug-likeness (QED) is 0.789. The van der Waals surface area contributed by atoms with Crippen molar-refractivity contribution in [2.45, 2.75) is 6.42 Å². The first kappa shape index (κ1) is 9.72. The van der Waals surface area contributed by atoms with Crippen LogP contribution in [0.15, 0.2) is 24.5 Å². The lowest BCUT2D eigenvalue weighted by Crippen LogP contribution is -1.99. The van der Waals surface area contributed by atoms with E-state index in [9.17, 15) is 4.39 Å². The summed E-state index contributed by atoms with van der Waals surface area (Å²) in [7, 11) is 0. The maximum atomic E-state index is 13.4. The molecule has 78 valence electrons. The Morgan fingerprint density at radius 1 is 1.40 bits per heavy atom. The molecule has 0 unspecified atom stereocenters. The van der Waals surface area contributed by atoms with E-state index >= 15 is 0 Å². The Hall–Kier alpha value is -1.82. The van der Waals surface area contributed by atoms with E-state index in [4.69, 9.17) is 5.11 Å². The number of aliphatic hydroxyl groups is 1. The van der Waals surface area contributed by atoms with Gasteiger partial charge in [0.25, 0.3) is 0 Å². The molecule has 0 saturated heterocycles. The summed E-state index contributed by atoms with van der Waals surface area (Å²) in [4.78, 5) is 0. The highest BCUT2D eigenvalue weighted by Crippen LogP contribution is 2.13. The molecule has 0 aliphatic rings. The van der Waals surface area contributed by atoms with Crippen molar-refractivity contribution in [2.24, 2.45) is 0 Å². The Bertz CT molecular complexity index is 443. The number of rotatable bonds is 3. The predicted octanol–water partition coefficient (Wildman–Crippen LogP) is 0.336. The molecule has 0 radical (unpaired) electrons. The fourth-order valence-corrected chi connectivity index (χ4v) is 1.28. The average molecular weight is 208 g/mol. The van der Waals surface area contributed by atoms with E-state index in [0.717, 1.165) is 0 Å². The van der Waals surface area contributed by atoms with Crippen molar-refractivity contribution in [2.75, 3.05) is 6.61 Å². The molecule has 1 aromatic carbocycles. The van der Waals surface area contributed by atoms with Crippen LogP contribution in [0.2, 0.25) is 0 Å². The number of halogens is 1. The van der Waals surface area contributed by atoms with E-state index in [1.807, 2.05) is 0 Å². The van der Waals surface area contributed by atoms with Crippen molar-refractivity contribution in [1.29, 1.82) is 0 Å². The second-order valence-electron chi connectivity index (χ2n) is 3.00. The van der Waals surface area contributed by atoms with E-state index in [2.05, 4.69) is 15.5 Å². The lowest BCUT2D eigenvalue weighted by Gasteiger charge is -2.03. The summed E-state index contributed by atoms with van der Waals surface area (Å²) >= 11 is 0. The molecule has 0 atom stereocenters. The number of nitrogens with zero attached hydrogens (tertiary/aromatic N) is 4. The minimum absolute atomic E-state index is 0.0683. The predicted molar refractivity (Wildman–Crippen MR) is 49.9 cm³/mol. The smallest absolute Gasteiger partial charge is 0.143 e. The van der Waals surface area contributed by atoms with Gasteiger partial charge in [-0.2, -0.15) is 0 Å². The van der Waals surface area contributed by atoms with Gasteiger partial charge in [0.05, 0.1) is 5.69 Å². The van der Waals surface area contributed by atoms with Gasteiger partial charge in [0, 0.05) is 6.61 Å². The van der Waals surface area contributed by atoms with Crippen LogP contribution in [0.25, 0.3) is 5.69 Å². The fraction of sp³-hybridized carbons (Fsp3) is 0.222. The first-order valence-corrected chi connectivity index (χ1v) is 4.44. The average Bonchev–Trinajstić information content (AvgIpc) is 2.74. The van der Waals surface area contributed by atoms with E-state index < -0.39 is 0 Å². The van der Waals surface area contributed by atoms with Gasteiger partial charge in [0.15, 0.2) is 0 Å². The molecule has 15 heavy (non-hydrogen) atoms. The number of tetrazole rings is 1. The van der Waals surface area contributed by atoms with Crippen LogP contribution >= 0.6 is 0 Å². The number of benzene rings is 1. The Morgan fingerprint density at radius 3 is 2.87 bits per heavy atom. The highest BCUT2D eigenvalue weighted by Gasteiger charge is 2.04. The van der Waals surface area contributed by atoms with Gasteiger partial charge in [-0.1, -0.05) is 6.07 Å². The van der Waals surface area contributed by atoms with Gasteiger partial charge in [0.2, 0.25) is 0 Å². The van der Waals surface area contributed by atoms with Crippen LogP contribution in [-0.4, -0.2) is 31.9 Å². The van der Waals surface area contributed by atoms with Crippen molar-refractivity contribution in [3.63, 3.8) is 0 Å². The third kappa shape index (κ3) is 1.99. The second-order valence-corrected chi connectivity index (χ2v) is 3.00. The molecule has 0 aliphatic carbocycles. The number of aliphatic hydroxyl groups excluding tert-OH is 1. The minimum atomic E-state index is -0.364. The van der Waals surface area contributed by atoms with Crippen LogP contribution in [0.3, 0.4) is 0 Å². The third-order valence-corrected chi connectivity index (χ3v) is 2.03. The van der Waals surface area contributed by atoms with Gasteiger partial charge < -0.3 is 5.11 Å². The van der Waals surface area contributed by atoms with Crippen LogP contribution in [-0.2, 0) is 6.42 Å². The van der Waals surface area contributed by atoms with Gasteiger partial charge in [-0.05, 0) is 34.5 Å². The topological polar surface area (TPSA) is 63.8 Å². The zero-order chi connectivity index (χ0) is 10.7. The van der Waals surface area contributed by atoms with Crippen LogP contribution in [0, 0.1) is 5.82 Å². The van der Waals surface area contributed by atoms with Crippen LogP contribution in [0.1, 0.15) is 5.56 Å². The SMILES string of the molecule is OCCc1ccc(-n2cnnn2)cc1F. The van der Waals surface area contributed by atoms with Gasteiger partial charge in [-0.3, -0.25) is 0 Å². The fourth-order valence-electron chi connectivity index (χ4n) is 1.28. The molecule has 0 amide bonds. The third-order valence-electron chi connectivity index (χ3n) is 2.03. The molecule has 0 spiro atoms. The minimum Gasteiger partial charge on any atom is -0.396 e. The molecule has 0 bridgehead atoms. The number of aromatic nitrogens is 4. The Kier molecular flexibility index (Phi) is 2.68. The molecule has 1 aromatic heterocycles. The molecular formula is C9H9FN4O. The van der Waals surface area contributed by atoms with Crippen molar-refractivity contribution in [3.05, 3.63) is 35.9 Å². The highest BCUT2D eigenvalue weighted by atomic mass is 19.1. The van der Waals surface area contributed by atoms with Crippen LogP contribution < -0.4 is 0 Å². The largest absolute Gasteiger partial charge is 0.396 e. The molecule has 2 rings (SSSR count). The molecule has 2 aromatic rings. The second kappa shape index (κ2) is 4.14. The highest BCUT2D eigenvalue weighted by molar-refractivity contribution is 5.34. The summed E-state index contributed by atoms with van der Waals surface area (Å²) < 4.78 is 14.8. The normalized spacial score (nSPS) is 10.5. The van der Waals surface area contributed by atoms with E-state index in [-0.39, 0.29) is 12.4 Å². The molecule has 0 saturated carbocycles. The zero-order valence-corrected chi connectivity index (χ0v) is 7.84. The summed E-state index contributed by atoms with van der Waals surface area (Å²) in [5.41, 5.74) is 1.04. The lowest BCUT2D eigenvalue weighted by molar-refractivity contribution is 0.297. The van der Waals surface area contributed by atoms with Crippen molar-refractivity contribution in [3.8, 4) is 5.69 Å². The summed E-state index contributed by atoms with van der Waals surface area (Å²) in [6.07, 6.45) is 1.70. The van der Waals surface area contributed by atoms with Gasteiger partial charge >= 0.3 is 0 Å². The zero-order valence-electron chi connectivity index (χ0n) is 7.84. The van der Waals surface area contributed by atoms with E-state index in [1.165, 1.54) is 17.1 Å². The van der Waals surface area contributed by atoms with Crippen molar-refractivity contribution >= 4 is 0 Å².